The Bertz CT molecular complexity index is 1750. The molecule has 17 heteroatoms. The molecule has 0 spiro atoms. The van der Waals surface area contributed by atoms with Crippen molar-refractivity contribution >= 4 is 81.9 Å². The summed E-state index contributed by atoms with van der Waals surface area (Å²) in [5.41, 5.74) is 0.513. The zero-order chi connectivity index (χ0) is 50.1. The summed E-state index contributed by atoms with van der Waals surface area (Å²) in [6, 6.07) is 12.6. The topological polar surface area (TPSA) is 220 Å². The van der Waals surface area contributed by atoms with Crippen molar-refractivity contribution in [3.63, 3.8) is 0 Å². The third kappa shape index (κ3) is 37.8. The van der Waals surface area contributed by atoms with E-state index < -0.39 is 55.6 Å². The normalized spacial score (nSPS) is 11.2. The van der Waals surface area contributed by atoms with Crippen molar-refractivity contribution in [3.05, 3.63) is 70.8 Å². The molecule has 0 aliphatic heterocycles. The Hall–Kier alpha value is -2.60. The van der Waals surface area contributed by atoms with Crippen molar-refractivity contribution in [2.45, 2.75) is 194 Å². The number of hydrogen-bond donors (Lipinski definition) is 0. The van der Waals surface area contributed by atoms with Gasteiger partial charge in [-0.05, 0) is 62.8 Å². The van der Waals surface area contributed by atoms with E-state index in [0.29, 0.717) is 13.2 Å². The van der Waals surface area contributed by atoms with Gasteiger partial charge in [-0.1, -0.05) is 179 Å². The standard InChI is InChI=1S/2C26H42O7S.Ca/c2*1-2-3-4-5-6-7-8-9-10-11-12-15-20-32-25(27)23-18-13-14-19-24(23)26(28)33-21-16-17-22-34(29,30)31;/h2*13-14,18-19H,2-12,15-17,20-22H2,1H3,(H,29,30,31);/q;;+2/p-2. The van der Waals surface area contributed by atoms with Gasteiger partial charge in [-0.15, -0.1) is 0 Å². The Labute approximate surface area is 445 Å². The minimum Gasteiger partial charge on any atom is -0.748 e. The second kappa shape index (κ2) is 43.0. The number of carbonyl (C=O) groups excluding carboxylic acids is 4. The fourth-order valence-electron chi connectivity index (χ4n) is 7.30. The number of unbranched alkanes of at least 4 members (excludes halogenated alkanes) is 24. The van der Waals surface area contributed by atoms with Crippen molar-refractivity contribution in [1.29, 1.82) is 0 Å². The van der Waals surface area contributed by atoms with E-state index in [9.17, 15) is 45.1 Å². The molecule has 0 unspecified atom stereocenters. The maximum atomic E-state index is 12.4. The van der Waals surface area contributed by atoms with Gasteiger partial charge in [0, 0.05) is 11.5 Å². The molecule has 388 valence electrons. The molecule has 14 nitrogen and oxygen atoms in total. The van der Waals surface area contributed by atoms with Crippen LogP contribution in [0.25, 0.3) is 0 Å². The summed E-state index contributed by atoms with van der Waals surface area (Å²) in [5, 5.41) is 0. The maximum Gasteiger partial charge on any atom is 2.00 e. The molecule has 2 aromatic carbocycles. The van der Waals surface area contributed by atoms with Crippen molar-refractivity contribution in [2.75, 3.05) is 37.9 Å². The van der Waals surface area contributed by atoms with Gasteiger partial charge >= 0.3 is 61.6 Å². The van der Waals surface area contributed by atoms with Crippen LogP contribution in [0.1, 0.15) is 235 Å². The molecule has 0 amide bonds. The van der Waals surface area contributed by atoms with Gasteiger partial charge in [0.05, 0.1) is 68.9 Å². The van der Waals surface area contributed by atoms with Crippen LogP contribution in [0.2, 0.25) is 0 Å². The molecule has 0 fully saturated rings. The first-order valence-electron chi connectivity index (χ1n) is 25.4. The van der Waals surface area contributed by atoms with Crippen LogP contribution in [0.4, 0.5) is 0 Å². The quantitative estimate of drug-likeness (QED) is 0.0199. The van der Waals surface area contributed by atoms with Crippen molar-refractivity contribution in [2.24, 2.45) is 0 Å². The SMILES string of the molecule is CCCCCCCCCCCCCCOC(=O)c1ccccc1C(=O)OCCCCS(=O)(=O)[O-].CCCCCCCCCCCCCCOC(=O)c1ccccc1C(=O)OCCCCS(=O)(=O)[O-].[Ca+2]. The predicted molar refractivity (Wildman–Crippen MR) is 270 cm³/mol. The predicted octanol–water partition coefficient (Wildman–Crippen LogP) is 11.7. The third-order valence-electron chi connectivity index (χ3n) is 11.2. The van der Waals surface area contributed by atoms with E-state index in [1.807, 2.05) is 0 Å². The van der Waals surface area contributed by atoms with E-state index in [-0.39, 0.29) is 98.9 Å². The van der Waals surface area contributed by atoms with Gasteiger partial charge in [0.25, 0.3) is 0 Å². The summed E-state index contributed by atoms with van der Waals surface area (Å²) in [5.74, 6) is -3.47. The van der Waals surface area contributed by atoms with Crippen molar-refractivity contribution < 1.29 is 64.1 Å². The molecule has 0 saturated carbocycles. The molecule has 0 aliphatic rings. The summed E-state index contributed by atoms with van der Waals surface area (Å²) in [6.07, 6.45) is 30.1. The first kappa shape index (κ1) is 66.4. The molecule has 0 aromatic heterocycles. The van der Waals surface area contributed by atoms with Crippen LogP contribution in [-0.2, 0) is 39.2 Å². The molecule has 0 radical (unpaired) electrons. The minimum atomic E-state index is -4.27. The van der Waals surface area contributed by atoms with Crippen LogP contribution in [-0.4, -0.2) is 125 Å². The van der Waals surface area contributed by atoms with Crippen LogP contribution in [0.15, 0.2) is 48.5 Å². The summed E-state index contributed by atoms with van der Waals surface area (Å²) in [6.45, 7) is 5.03. The fourth-order valence-corrected chi connectivity index (χ4v) is 8.41. The van der Waals surface area contributed by atoms with Crippen molar-refractivity contribution in [1.82, 2.24) is 0 Å². The number of esters is 4. The van der Waals surface area contributed by atoms with E-state index in [1.165, 1.54) is 140 Å². The van der Waals surface area contributed by atoms with Gasteiger partial charge < -0.3 is 28.1 Å². The van der Waals surface area contributed by atoms with Crippen LogP contribution in [0, 0.1) is 0 Å². The Morgan fingerprint density at radius 3 is 0.739 bits per heavy atom. The maximum absolute atomic E-state index is 12.4. The second-order valence-electron chi connectivity index (χ2n) is 17.4. The first-order chi connectivity index (χ1) is 32.7. The molecule has 0 aliphatic carbocycles. The minimum absolute atomic E-state index is 0. The zero-order valence-electron chi connectivity index (χ0n) is 41.9. The Kier molecular flexibility index (Phi) is 41.4. The summed E-state index contributed by atoms with van der Waals surface area (Å²) < 4.78 is 84.4. The number of ether oxygens (including phenoxy) is 4. The average Bonchev–Trinajstić information content (AvgIpc) is 3.31. The molecule has 0 saturated heterocycles. The number of benzene rings is 2. The van der Waals surface area contributed by atoms with Crippen LogP contribution in [0.3, 0.4) is 0 Å². The number of carbonyl (C=O) groups is 4. The fraction of sp³-hybridized carbons (Fsp3) is 0.692. The van der Waals surface area contributed by atoms with Gasteiger partial charge in [0.15, 0.2) is 0 Å². The summed E-state index contributed by atoms with van der Waals surface area (Å²) in [7, 11) is -8.54. The third-order valence-corrected chi connectivity index (χ3v) is 12.8. The molecule has 0 heterocycles. The van der Waals surface area contributed by atoms with Crippen LogP contribution < -0.4 is 0 Å². The molecule has 69 heavy (non-hydrogen) atoms. The molecule has 0 bridgehead atoms. The smallest absolute Gasteiger partial charge is 0.748 e. The Morgan fingerprint density at radius 2 is 0.536 bits per heavy atom. The van der Waals surface area contributed by atoms with Gasteiger partial charge in [-0.3, -0.25) is 0 Å². The zero-order valence-corrected chi connectivity index (χ0v) is 45.7. The molecule has 0 atom stereocenters. The second-order valence-corrected chi connectivity index (χ2v) is 20.4. The number of rotatable bonds is 40. The monoisotopic (exact) mass is 1030 g/mol. The Morgan fingerprint density at radius 1 is 0.348 bits per heavy atom. The molecule has 2 rings (SSSR count). The first-order valence-corrected chi connectivity index (χ1v) is 28.6. The van der Waals surface area contributed by atoms with Gasteiger partial charge in [-0.25, -0.2) is 36.0 Å². The number of hydrogen-bond acceptors (Lipinski definition) is 14. The van der Waals surface area contributed by atoms with E-state index in [4.69, 9.17) is 18.9 Å². The van der Waals surface area contributed by atoms with Gasteiger partial charge in [0.1, 0.15) is 0 Å². The van der Waals surface area contributed by atoms with Crippen LogP contribution >= 0.6 is 0 Å². The van der Waals surface area contributed by atoms with Gasteiger partial charge in [-0.2, -0.15) is 0 Å². The van der Waals surface area contributed by atoms with Crippen LogP contribution in [0.5, 0.6) is 0 Å². The van der Waals surface area contributed by atoms with Crippen molar-refractivity contribution in [3.8, 4) is 0 Å². The molecular formula is C52H82CaO14S2. The summed E-state index contributed by atoms with van der Waals surface area (Å²) >= 11 is 0. The van der Waals surface area contributed by atoms with E-state index in [1.54, 1.807) is 24.3 Å². The largest absolute Gasteiger partial charge is 2.00 e. The van der Waals surface area contributed by atoms with E-state index in [0.717, 1.165) is 38.5 Å². The molecular weight excluding hydrogens is 953 g/mol. The van der Waals surface area contributed by atoms with E-state index in [2.05, 4.69) is 13.8 Å². The molecule has 2 aromatic rings. The molecule has 0 N–H and O–H groups in total. The van der Waals surface area contributed by atoms with Gasteiger partial charge in [0.2, 0.25) is 0 Å². The van der Waals surface area contributed by atoms with E-state index >= 15 is 0 Å². The summed E-state index contributed by atoms with van der Waals surface area (Å²) in [4.78, 5) is 49.5. The Balaban J connectivity index is 0.00000132. The average molecular weight is 1040 g/mol.